The van der Waals surface area contributed by atoms with E-state index in [1.807, 2.05) is 72.5 Å². The monoisotopic (exact) mass is 352 g/mol. The molecule has 25 heavy (non-hydrogen) atoms. The summed E-state index contributed by atoms with van der Waals surface area (Å²) in [5.74, 6) is 0.761. The lowest BCUT2D eigenvalue weighted by Crippen LogP contribution is -2.81. The first-order valence-electron chi connectivity index (χ1n) is 8.44. The van der Waals surface area contributed by atoms with Gasteiger partial charge >= 0.3 is 0 Å². The standard InChI is InChI=1S/C20H20N2O2S/c1-19(21-17(23)14-15-8-4-2-5-9-15)18(24)22-12-13-25-20(19,22)16-10-6-3-7-11-16/h2-11H,12-14H2,1H3,(H,21,23). The van der Waals surface area contributed by atoms with Gasteiger partial charge in [0.2, 0.25) is 5.91 Å². The molecule has 2 amide bonds. The maximum Gasteiger partial charge on any atom is 0.253 e. The highest BCUT2D eigenvalue weighted by Gasteiger charge is 2.72. The zero-order chi connectivity index (χ0) is 17.5. The zero-order valence-electron chi connectivity index (χ0n) is 14.1. The van der Waals surface area contributed by atoms with Crippen LogP contribution in [-0.4, -0.2) is 34.6 Å². The molecule has 5 heteroatoms. The van der Waals surface area contributed by atoms with Crippen LogP contribution in [0.3, 0.4) is 0 Å². The molecule has 4 rings (SSSR count). The van der Waals surface area contributed by atoms with E-state index in [1.54, 1.807) is 11.8 Å². The number of fused-ring (bicyclic) bond motifs is 1. The predicted molar refractivity (Wildman–Crippen MR) is 99.0 cm³/mol. The first-order valence-corrected chi connectivity index (χ1v) is 9.43. The van der Waals surface area contributed by atoms with Crippen molar-refractivity contribution in [3.63, 3.8) is 0 Å². The first-order chi connectivity index (χ1) is 12.1. The summed E-state index contributed by atoms with van der Waals surface area (Å²) >= 11 is 1.74. The Hall–Kier alpha value is -2.27. The Balaban J connectivity index is 1.63. The van der Waals surface area contributed by atoms with Gasteiger partial charge in [0.25, 0.3) is 5.91 Å². The van der Waals surface area contributed by atoms with Crippen molar-refractivity contribution in [1.29, 1.82) is 0 Å². The Labute approximate surface area is 151 Å². The van der Waals surface area contributed by atoms with Crippen molar-refractivity contribution in [1.82, 2.24) is 10.2 Å². The van der Waals surface area contributed by atoms with Crippen LogP contribution in [0.5, 0.6) is 0 Å². The largest absolute Gasteiger partial charge is 0.339 e. The molecule has 2 aliphatic heterocycles. The van der Waals surface area contributed by atoms with Gasteiger partial charge in [-0.25, -0.2) is 0 Å². The van der Waals surface area contributed by atoms with Gasteiger partial charge in [-0.15, -0.1) is 11.8 Å². The number of nitrogens with one attached hydrogen (secondary N) is 1. The minimum absolute atomic E-state index is 0.00256. The van der Waals surface area contributed by atoms with E-state index >= 15 is 0 Å². The van der Waals surface area contributed by atoms with Crippen LogP contribution < -0.4 is 5.32 Å². The number of thioether (sulfide) groups is 1. The van der Waals surface area contributed by atoms with Crippen LogP contribution in [-0.2, 0) is 20.9 Å². The number of β-lactam (4-membered cyclic amide) rings is 1. The smallest absolute Gasteiger partial charge is 0.253 e. The number of carbonyl (C=O) groups excluding carboxylic acids is 2. The molecule has 2 heterocycles. The number of hydrogen-bond donors (Lipinski definition) is 1. The van der Waals surface area contributed by atoms with Gasteiger partial charge in [-0.1, -0.05) is 60.7 Å². The number of amides is 2. The van der Waals surface area contributed by atoms with Crippen molar-refractivity contribution in [2.45, 2.75) is 23.8 Å². The molecule has 2 fully saturated rings. The molecule has 0 aliphatic carbocycles. The van der Waals surface area contributed by atoms with E-state index in [0.717, 1.165) is 23.4 Å². The third kappa shape index (κ3) is 2.29. The number of benzene rings is 2. The van der Waals surface area contributed by atoms with Crippen molar-refractivity contribution in [2.75, 3.05) is 12.3 Å². The van der Waals surface area contributed by atoms with Crippen LogP contribution in [0.25, 0.3) is 0 Å². The third-order valence-electron chi connectivity index (χ3n) is 5.12. The van der Waals surface area contributed by atoms with E-state index in [4.69, 9.17) is 0 Å². The summed E-state index contributed by atoms with van der Waals surface area (Å²) in [7, 11) is 0. The van der Waals surface area contributed by atoms with Gasteiger partial charge in [0, 0.05) is 12.3 Å². The third-order valence-corrected chi connectivity index (χ3v) is 6.79. The highest BCUT2D eigenvalue weighted by molar-refractivity contribution is 8.00. The molecular weight excluding hydrogens is 332 g/mol. The van der Waals surface area contributed by atoms with Crippen molar-refractivity contribution in [2.24, 2.45) is 0 Å². The minimum Gasteiger partial charge on any atom is -0.339 e. The molecule has 4 nitrogen and oxygen atoms in total. The molecule has 2 aromatic carbocycles. The Morgan fingerprint density at radius 1 is 1.12 bits per heavy atom. The number of rotatable bonds is 4. The summed E-state index contributed by atoms with van der Waals surface area (Å²) in [6, 6.07) is 19.6. The molecule has 2 saturated heterocycles. The quantitative estimate of drug-likeness (QED) is 0.861. The maximum absolute atomic E-state index is 12.8. The molecule has 2 unspecified atom stereocenters. The van der Waals surface area contributed by atoms with Gasteiger partial charge in [0.1, 0.15) is 4.87 Å². The zero-order valence-corrected chi connectivity index (χ0v) is 14.9. The molecule has 0 radical (unpaired) electrons. The van der Waals surface area contributed by atoms with Crippen LogP contribution in [0.2, 0.25) is 0 Å². The van der Waals surface area contributed by atoms with Gasteiger partial charge in [-0.3, -0.25) is 9.59 Å². The highest BCUT2D eigenvalue weighted by Crippen LogP contribution is 2.59. The van der Waals surface area contributed by atoms with Crippen molar-refractivity contribution in [3.05, 3.63) is 71.8 Å². The predicted octanol–water partition coefficient (Wildman–Crippen LogP) is 2.55. The van der Waals surface area contributed by atoms with Crippen LogP contribution in [0.4, 0.5) is 0 Å². The van der Waals surface area contributed by atoms with E-state index in [0.29, 0.717) is 0 Å². The fourth-order valence-electron chi connectivity index (χ4n) is 3.98. The molecular formula is C20H20N2O2S. The summed E-state index contributed by atoms with van der Waals surface area (Å²) in [6.45, 7) is 2.59. The average Bonchev–Trinajstić information content (AvgIpc) is 3.06. The lowest BCUT2D eigenvalue weighted by atomic mass is 9.75. The van der Waals surface area contributed by atoms with Crippen molar-refractivity contribution >= 4 is 23.6 Å². The van der Waals surface area contributed by atoms with E-state index in [9.17, 15) is 9.59 Å². The van der Waals surface area contributed by atoms with Gasteiger partial charge in [-0.2, -0.15) is 0 Å². The second-order valence-electron chi connectivity index (χ2n) is 6.65. The van der Waals surface area contributed by atoms with Crippen LogP contribution in [0.15, 0.2) is 60.7 Å². The summed E-state index contributed by atoms with van der Waals surface area (Å²) in [4.78, 5) is 26.9. The number of carbonyl (C=O) groups is 2. The Morgan fingerprint density at radius 2 is 1.76 bits per heavy atom. The van der Waals surface area contributed by atoms with E-state index in [-0.39, 0.29) is 18.2 Å². The maximum atomic E-state index is 12.8. The minimum atomic E-state index is -0.915. The van der Waals surface area contributed by atoms with E-state index in [1.165, 1.54) is 0 Å². The summed E-state index contributed by atoms with van der Waals surface area (Å²) in [5.41, 5.74) is 1.10. The number of nitrogens with zero attached hydrogens (tertiary/aromatic N) is 1. The molecule has 2 aliphatic rings. The number of hydrogen-bond acceptors (Lipinski definition) is 3. The molecule has 0 bridgehead atoms. The Bertz CT molecular complexity index is 811. The van der Waals surface area contributed by atoms with Gasteiger partial charge in [-0.05, 0) is 18.1 Å². The van der Waals surface area contributed by atoms with E-state index in [2.05, 4.69) is 5.32 Å². The summed E-state index contributed by atoms with van der Waals surface area (Å²) in [6.07, 6.45) is 0.277. The molecule has 0 saturated carbocycles. The van der Waals surface area contributed by atoms with Crippen LogP contribution in [0.1, 0.15) is 18.1 Å². The summed E-state index contributed by atoms with van der Waals surface area (Å²) in [5, 5.41) is 3.05. The first kappa shape index (κ1) is 16.2. The average molecular weight is 352 g/mol. The Kier molecular flexibility index (Phi) is 3.84. The second kappa shape index (κ2) is 5.92. The van der Waals surface area contributed by atoms with Gasteiger partial charge in [0.05, 0.1) is 6.42 Å². The van der Waals surface area contributed by atoms with Crippen molar-refractivity contribution < 1.29 is 9.59 Å². The molecule has 2 aromatic rings. The normalized spacial score (nSPS) is 27.6. The second-order valence-corrected chi connectivity index (χ2v) is 7.94. The Morgan fingerprint density at radius 3 is 2.44 bits per heavy atom. The fraction of sp³-hybridized carbons (Fsp3) is 0.300. The lowest BCUT2D eigenvalue weighted by molar-refractivity contribution is -0.167. The molecule has 0 aromatic heterocycles. The lowest BCUT2D eigenvalue weighted by Gasteiger charge is -2.60. The summed E-state index contributed by atoms with van der Waals surface area (Å²) < 4.78 is 0. The molecule has 128 valence electrons. The molecule has 0 spiro atoms. The van der Waals surface area contributed by atoms with Crippen molar-refractivity contribution in [3.8, 4) is 0 Å². The van der Waals surface area contributed by atoms with E-state index < -0.39 is 10.4 Å². The van der Waals surface area contributed by atoms with Gasteiger partial charge in [0.15, 0.2) is 5.54 Å². The van der Waals surface area contributed by atoms with Gasteiger partial charge < -0.3 is 10.2 Å². The highest BCUT2D eigenvalue weighted by atomic mass is 32.2. The molecule has 2 atom stereocenters. The SMILES string of the molecule is CC1(NC(=O)Cc2ccccc2)C(=O)N2CCSC21c1ccccc1. The topological polar surface area (TPSA) is 49.4 Å². The fourth-order valence-corrected chi connectivity index (χ4v) is 5.60. The van der Waals surface area contributed by atoms with Crippen LogP contribution >= 0.6 is 11.8 Å². The molecule has 1 N–H and O–H groups in total. The van der Waals surface area contributed by atoms with Crippen LogP contribution in [0, 0.1) is 0 Å².